The molecule has 1 amide bonds. The van der Waals surface area contributed by atoms with Crippen molar-refractivity contribution in [1.82, 2.24) is 5.32 Å². The molecule has 1 fully saturated rings. The summed E-state index contributed by atoms with van der Waals surface area (Å²) in [6.07, 6.45) is 8.51. The molecular weight excluding hydrogens is 262 g/mol. The lowest BCUT2D eigenvalue weighted by Gasteiger charge is -2.20. The van der Waals surface area contributed by atoms with Gasteiger partial charge in [0.25, 0.3) is 5.91 Å². The van der Waals surface area contributed by atoms with Crippen molar-refractivity contribution in [2.24, 2.45) is 0 Å². The van der Waals surface area contributed by atoms with E-state index in [9.17, 15) is 4.79 Å². The molecule has 1 N–H and O–H groups in total. The number of para-hydroxylation sites is 1. The van der Waals surface area contributed by atoms with Gasteiger partial charge in [0.05, 0.1) is 0 Å². The second kappa shape index (κ2) is 6.33. The molecule has 0 aliphatic heterocycles. The standard InChI is InChI=1S/C18H23NO2/c1-13-15-11-7-8-12-16(15)21-17(13)18(20)19-14-9-5-3-2-4-6-10-14/h7-8,11-12,14H,2-6,9-10H2,1H3,(H,19,20). The largest absolute Gasteiger partial charge is 0.451 e. The number of fused-ring (bicyclic) bond motifs is 1. The van der Waals surface area contributed by atoms with Gasteiger partial charge in [0, 0.05) is 17.0 Å². The molecule has 1 heterocycles. The van der Waals surface area contributed by atoms with Crippen LogP contribution in [0.3, 0.4) is 0 Å². The van der Waals surface area contributed by atoms with Crippen LogP contribution in [0.15, 0.2) is 28.7 Å². The van der Waals surface area contributed by atoms with Crippen LogP contribution in [0.4, 0.5) is 0 Å². The van der Waals surface area contributed by atoms with E-state index in [1.807, 2.05) is 31.2 Å². The molecule has 1 aromatic heterocycles. The number of furan rings is 1. The number of carbonyl (C=O) groups is 1. The number of benzene rings is 1. The van der Waals surface area contributed by atoms with Crippen molar-refractivity contribution in [2.45, 2.75) is 57.9 Å². The van der Waals surface area contributed by atoms with Crippen molar-refractivity contribution >= 4 is 16.9 Å². The number of rotatable bonds is 2. The van der Waals surface area contributed by atoms with Gasteiger partial charge in [-0.15, -0.1) is 0 Å². The van der Waals surface area contributed by atoms with Gasteiger partial charge in [-0.2, -0.15) is 0 Å². The topological polar surface area (TPSA) is 42.2 Å². The number of amides is 1. The summed E-state index contributed by atoms with van der Waals surface area (Å²) in [5.41, 5.74) is 1.73. The van der Waals surface area contributed by atoms with Crippen LogP contribution in [-0.4, -0.2) is 11.9 Å². The van der Waals surface area contributed by atoms with E-state index in [4.69, 9.17) is 4.42 Å². The molecule has 2 aromatic rings. The second-order valence-electron chi connectivity index (χ2n) is 6.07. The first-order valence-electron chi connectivity index (χ1n) is 8.04. The van der Waals surface area contributed by atoms with Crippen molar-refractivity contribution in [1.29, 1.82) is 0 Å². The van der Waals surface area contributed by atoms with E-state index in [1.54, 1.807) is 0 Å². The lowest BCUT2D eigenvalue weighted by atomic mass is 9.96. The molecule has 0 spiro atoms. The molecule has 1 aliphatic rings. The average molecular weight is 285 g/mol. The summed E-state index contributed by atoms with van der Waals surface area (Å²) < 4.78 is 5.75. The highest BCUT2D eigenvalue weighted by Gasteiger charge is 2.20. The van der Waals surface area contributed by atoms with Crippen LogP contribution in [0.1, 0.15) is 61.1 Å². The first kappa shape index (κ1) is 14.2. The Balaban J connectivity index is 1.75. The average Bonchev–Trinajstić information content (AvgIpc) is 2.79. The highest BCUT2D eigenvalue weighted by Crippen LogP contribution is 2.25. The number of hydrogen-bond acceptors (Lipinski definition) is 2. The minimum absolute atomic E-state index is 0.0609. The molecule has 0 bridgehead atoms. The number of aryl methyl sites for hydroxylation is 1. The lowest BCUT2D eigenvalue weighted by Crippen LogP contribution is -2.35. The summed E-state index contributed by atoms with van der Waals surface area (Å²) in [7, 11) is 0. The minimum Gasteiger partial charge on any atom is -0.451 e. The van der Waals surface area contributed by atoms with Gasteiger partial charge >= 0.3 is 0 Å². The molecule has 3 rings (SSSR count). The van der Waals surface area contributed by atoms with Gasteiger partial charge in [0.1, 0.15) is 5.58 Å². The van der Waals surface area contributed by atoms with Crippen molar-refractivity contribution in [3.63, 3.8) is 0 Å². The van der Waals surface area contributed by atoms with E-state index < -0.39 is 0 Å². The summed E-state index contributed by atoms with van der Waals surface area (Å²) in [5.74, 6) is 0.410. The van der Waals surface area contributed by atoms with Crippen LogP contribution >= 0.6 is 0 Å². The number of carbonyl (C=O) groups excluding carboxylic acids is 1. The maximum atomic E-state index is 12.5. The van der Waals surface area contributed by atoms with Gasteiger partial charge in [-0.25, -0.2) is 0 Å². The fourth-order valence-corrected chi connectivity index (χ4v) is 3.24. The normalized spacial score (nSPS) is 17.4. The monoisotopic (exact) mass is 285 g/mol. The third kappa shape index (κ3) is 3.12. The predicted octanol–water partition coefficient (Wildman–Crippen LogP) is 4.58. The highest BCUT2D eigenvalue weighted by atomic mass is 16.3. The van der Waals surface area contributed by atoms with Crippen LogP contribution in [0.2, 0.25) is 0 Å². The van der Waals surface area contributed by atoms with E-state index >= 15 is 0 Å². The van der Waals surface area contributed by atoms with Crippen molar-refractivity contribution in [3.8, 4) is 0 Å². The lowest BCUT2D eigenvalue weighted by molar-refractivity contribution is 0.0903. The van der Waals surface area contributed by atoms with Crippen LogP contribution in [0.25, 0.3) is 11.0 Å². The molecule has 0 radical (unpaired) electrons. The zero-order chi connectivity index (χ0) is 14.7. The Kier molecular flexibility index (Phi) is 4.28. The van der Waals surface area contributed by atoms with E-state index in [0.717, 1.165) is 29.4 Å². The Morgan fingerprint density at radius 3 is 2.48 bits per heavy atom. The summed E-state index contributed by atoms with van der Waals surface area (Å²) in [6, 6.07) is 8.11. The van der Waals surface area contributed by atoms with Gasteiger partial charge in [0.15, 0.2) is 5.76 Å². The van der Waals surface area contributed by atoms with E-state index in [0.29, 0.717) is 11.8 Å². The predicted molar refractivity (Wildman–Crippen MR) is 84.5 cm³/mol. The van der Waals surface area contributed by atoms with Gasteiger partial charge in [0.2, 0.25) is 0 Å². The van der Waals surface area contributed by atoms with Crippen LogP contribution < -0.4 is 5.32 Å². The molecular formula is C18H23NO2. The molecule has 1 aromatic carbocycles. The van der Waals surface area contributed by atoms with Crippen LogP contribution in [0, 0.1) is 6.92 Å². The Labute approximate surface area is 125 Å². The third-order valence-corrected chi connectivity index (χ3v) is 4.49. The summed E-state index contributed by atoms with van der Waals surface area (Å²) in [5, 5.41) is 4.20. The molecule has 3 nitrogen and oxygen atoms in total. The molecule has 1 saturated carbocycles. The van der Waals surface area contributed by atoms with E-state index in [-0.39, 0.29) is 5.91 Å². The van der Waals surface area contributed by atoms with Crippen molar-refractivity contribution in [2.75, 3.05) is 0 Å². The number of hydrogen-bond donors (Lipinski definition) is 1. The van der Waals surface area contributed by atoms with E-state index in [2.05, 4.69) is 5.32 Å². The first-order valence-corrected chi connectivity index (χ1v) is 8.04. The van der Waals surface area contributed by atoms with Crippen molar-refractivity contribution < 1.29 is 9.21 Å². The van der Waals surface area contributed by atoms with Gasteiger partial charge in [-0.05, 0) is 25.8 Å². The molecule has 0 saturated heterocycles. The first-order chi connectivity index (χ1) is 10.3. The zero-order valence-electron chi connectivity index (χ0n) is 12.7. The molecule has 21 heavy (non-hydrogen) atoms. The van der Waals surface area contributed by atoms with Gasteiger partial charge < -0.3 is 9.73 Å². The van der Waals surface area contributed by atoms with Crippen LogP contribution in [0.5, 0.6) is 0 Å². The second-order valence-corrected chi connectivity index (χ2v) is 6.07. The van der Waals surface area contributed by atoms with Gasteiger partial charge in [-0.3, -0.25) is 4.79 Å². The highest BCUT2D eigenvalue weighted by molar-refractivity contribution is 5.99. The third-order valence-electron chi connectivity index (χ3n) is 4.49. The van der Waals surface area contributed by atoms with Crippen molar-refractivity contribution in [3.05, 3.63) is 35.6 Å². The maximum absolute atomic E-state index is 12.5. The Morgan fingerprint density at radius 2 is 1.76 bits per heavy atom. The number of nitrogens with one attached hydrogen (secondary N) is 1. The fraction of sp³-hybridized carbons (Fsp3) is 0.500. The Morgan fingerprint density at radius 1 is 1.10 bits per heavy atom. The quantitative estimate of drug-likeness (QED) is 0.877. The van der Waals surface area contributed by atoms with Gasteiger partial charge in [-0.1, -0.05) is 50.3 Å². The minimum atomic E-state index is -0.0609. The van der Waals surface area contributed by atoms with E-state index in [1.165, 1.54) is 32.1 Å². The van der Waals surface area contributed by atoms with Crippen LogP contribution in [-0.2, 0) is 0 Å². The Hall–Kier alpha value is -1.77. The fourth-order valence-electron chi connectivity index (χ4n) is 3.24. The molecule has 1 aliphatic carbocycles. The molecule has 3 heteroatoms. The summed E-state index contributed by atoms with van der Waals surface area (Å²) in [4.78, 5) is 12.5. The molecule has 112 valence electrons. The molecule has 0 atom stereocenters. The summed E-state index contributed by atoms with van der Waals surface area (Å²) in [6.45, 7) is 1.96. The smallest absolute Gasteiger partial charge is 0.287 e. The zero-order valence-corrected chi connectivity index (χ0v) is 12.7. The SMILES string of the molecule is Cc1c(C(=O)NC2CCCCCCC2)oc2ccccc12. The molecule has 0 unspecified atom stereocenters. The Bertz CT molecular complexity index is 621. The maximum Gasteiger partial charge on any atom is 0.287 e. The summed E-state index contributed by atoms with van der Waals surface area (Å²) >= 11 is 0.